The summed E-state index contributed by atoms with van der Waals surface area (Å²) >= 11 is 3.66. The van der Waals surface area contributed by atoms with E-state index in [0.717, 1.165) is 6.42 Å². The zero-order valence-electron chi connectivity index (χ0n) is 10.5. The summed E-state index contributed by atoms with van der Waals surface area (Å²) in [7, 11) is 0. The molecular formula is C14H22BrN. The predicted molar refractivity (Wildman–Crippen MR) is 74.8 cm³/mol. The Morgan fingerprint density at radius 1 is 1.31 bits per heavy atom. The topological polar surface area (TPSA) is 26.0 Å². The van der Waals surface area contributed by atoms with Gasteiger partial charge < -0.3 is 5.73 Å². The average Bonchev–Trinajstić information content (AvgIpc) is 2.21. The summed E-state index contributed by atoms with van der Waals surface area (Å²) in [6.45, 7) is 6.45. The van der Waals surface area contributed by atoms with E-state index in [9.17, 15) is 0 Å². The smallest absolute Gasteiger partial charge is 0.0212 e. The van der Waals surface area contributed by atoms with Crippen molar-refractivity contribution in [2.24, 2.45) is 5.73 Å². The third-order valence-corrected chi connectivity index (χ3v) is 3.75. The van der Waals surface area contributed by atoms with Gasteiger partial charge in [-0.1, -0.05) is 35.0 Å². The number of aryl methyl sites for hydroxylation is 1. The molecule has 0 fully saturated rings. The molecule has 0 saturated carbocycles. The van der Waals surface area contributed by atoms with E-state index in [0.29, 0.717) is 12.0 Å². The van der Waals surface area contributed by atoms with Gasteiger partial charge in [0.25, 0.3) is 0 Å². The van der Waals surface area contributed by atoms with Gasteiger partial charge in [-0.25, -0.2) is 0 Å². The van der Waals surface area contributed by atoms with Gasteiger partial charge in [0, 0.05) is 10.5 Å². The van der Waals surface area contributed by atoms with E-state index in [4.69, 9.17) is 5.73 Å². The minimum atomic E-state index is 0.304. The summed E-state index contributed by atoms with van der Waals surface area (Å²) < 4.78 is 1.24. The van der Waals surface area contributed by atoms with Crippen LogP contribution in [0.5, 0.6) is 0 Å². The van der Waals surface area contributed by atoms with Crippen LogP contribution in [0.3, 0.4) is 0 Å². The Morgan fingerprint density at radius 3 is 2.50 bits per heavy atom. The molecule has 2 heteroatoms. The van der Waals surface area contributed by atoms with E-state index in [1.807, 2.05) is 0 Å². The maximum absolute atomic E-state index is 5.82. The minimum Gasteiger partial charge on any atom is -0.328 e. The van der Waals surface area contributed by atoms with Crippen molar-refractivity contribution in [3.63, 3.8) is 0 Å². The van der Waals surface area contributed by atoms with Crippen LogP contribution in [0, 0.1) is 6.92 Å². The fourth-order valence-electron chi connectivity index (χ4n) is 2.01. The van der Waals surface area contributed by atoms with Crippen LogP contribution in [-0.2, 0) is 0 Å². The molecule has 1 aromatic rings. The summed E-state index contributed by atoms with van der Waals surface area (Å²) in [6, 6.07) is 6.94. The summed E-state index contributed by atoms with van der Waals surface area (Å²) in [6.07, 6.45) is 3.45. The highest BCUT2D eigenvalue weighted by molar-refractivity contribution is 9.10. The molecule has 0 amide bonds. The highest BCUT2D eigenvalue weighted by atomic mass is 79.9. The van der Waals surface area contributed by atoms with Crippen molar-refractivity contribution in [2.45, 2.75) is 52.0 Å². The lowest BCUT2D eigenvalue weighted by atomic mass is 9.90. The number of hydrogen-bond acceptors (Lipinski definition) is 1. The SMILES string of the molecule is CCC(CCC(C)N)c1ccc(C)cc1Br. The number of rotatable bonds is 5. The molecule has 0 spiro atoms. The zero-order chi connectivity index (χ0) is 12.1. The van der Waals surface area contributed by atoms with E-state index in [2.05, 4.69) is 54.9 Å². The monoisotopic (exact) mass is 283 g/mol. The van der Waals surface area contributed by atoms with Crippen molar-refractivity contribution >= 4 is 15.9 Å². The lowest BCUT2D eigenvalue weighted by molar-refractivity contribution is 0.531. The Bertz CT molecular complexity index is 334. The van der Waals surface area contributed by atoms with E-state index < -0.39 is 0 Å². The quantitative estimate of drug-likeness (QED) is 0.853. The Hall–Kier alpha value is -0.340. The molecule has 0 radical (unpaired) electrons. The summed E-state index contributed by atoms with van der Waals surface area (Å²) in [5, 5.41) is 0. The predicted octanol–water partition coefficient (Wildman–Crippen LogP) is 4.38. The van der Waals surface area contributed by atoms with Crippen LogP contribution >= 0.6 is 15.9 Å². The number of hydrogen-bond donors (Lipinski definition) is 1. The molecule has 0 heterocycles. The van der Waals surface area contributed by atoms with Crippen LogP contribution in [0.25, 0.3) is 0 Å². The van der Waals surface area contributed by atoms with Gasteiger partial charge in [0.15, 0.2) is 0 Å². The number of benzene rings is 1. The van der Waals surface area contributed by atoms with E-state index in [-0.39, 0.29) is 0 Å². The molecule has 2 atom stereocenters. The molecule has 0 saturated heterocycles. The van der Waals surface area contributed by atoms with Crippen molar-refractivity contribution in [3.05, 3.63) is 33.8 Å². The van der Waals surface area contributed by atoms with Crippen LogP contribution in [0.15, 0.2) is 22.7 Å². The normalized spacial score (nSPS) is 14.8. The van der Waals surface area contributed by atoms with Gasteiger partial charge in [-0.05, 0) is 56.2 Å². The highest BCUT2D eigenvalue weighted by Gasteiger charge is 2.13. The minimum absolute atomic E-state index is 0.304. The molecule has 0 aliphatic carbocycles. The van der Waals surface area contributed by atoms with Gasteiger partial charge in [0.05, 0.1) is 0 Å². The van der Waals surface area contributed by atoms with E-state index in [1.54, 1.807) is 0 Å². The maximum Gasteiger partial charge on any atom is 0.0212 e. The number of halogens is 1. The molecule has 0 aromatic heterocycles. The second-order valence-electron chi connectivity index (χ2n) is 4.68. The maximum atomic E-state index is 5.82. The molecule has 90 valence electrons. The molecule has 2 unspecified atom stereocenters. The molecule has 16 heavy (non-hydrogen) atoms. The molecule has 0 aliphatic rings. The fourth-order valence-corrected chi connectivity index (χ4v) is 2.82. The van der Waals surface area contributed by atoms with Crippen molar-refractivity contribution in [3.8, 4) is 0 Å². The van der Waals surface area contributed by atoms with Crippen LogP contribution < -0.4 is 5.73 Å². The third-order valence-electron chi connectivity index (χ3n) is 3.06. The highest BCUT2D eigenvalue weighted by Crippen LogP contribution is 2.31. The Balaban J connectivity index is 2.78. The van der Waals surface area contributed by atoms with Crippen molar-refractivity contribution in [2.75, 3.05) is 0 Å². The first-order valence-corrected chi connectivity index (χ1v) is 6.85. The third kappa shape index (κ3) is 3.91. The lowest BCUT2D eigenvalue weighted by Gasteiger charge is -2.18. The fraction of sp³-hybridized carbons (Fsp3) is 0.571. The summed E-state index contributed by atoms with van der Waals surface area (Å²) in [4.78, 5) is 0. The summed E-state index contributed by atoms with van der Waals surface area (Å²) in [5.74, 6) is 0.626. The van der Waals surface area contributed by atoms with Gasteiger partial charge in [-0.3, -0.25) is 0 Å². The second-order valence-corrected chi connectivity index (χ2v) is 5.54. The van der Waals surface area contributed by atoms with Gasteiger partial charge in [-0.2, -0.15) is 0 Å². The Morgan fingerprint density at radius 2 is 2.00 bits per heavy atom. The first-order valence-electron chi connectivity index (χ1n) is 6.06. The second kappa shape index (κ2) is 6.41. The van der Waals surface area contributed by atoms with Crippen molar-refractivity contribution < 1.29 is 0 Å². The van der Waals surface area contributed by atoms with Crippen LogP contribution in [0.4, 0.5) is 0 Å². The van der Waals surface area contributed by atoms with Crippen LogP contribution in [0.1, 0.15) is 50.2 Å². The molecule has 1 rings (SSSR count). The van der Waals surface area contributed by atoms with Crippen molar-refractivity contribution in [1.29, 1.82) is 0 Å². The first-order chi connectivity index (χ1) is 7.54. The lowest BCUT2D eigenvalue weighted by Crippen LogP contribution is -2.15. The standard InChI is InChI=1S/C14H22BrN/c1-4-12(7-6-11(3)16)13-8-5-10(2)9-14(13)15/h5,8-9,11-12H,4,6-7,16H2,1-3H3. The number of nitrogens with two attached hydrogens (primary N) is 1. The van der Waals surface area contributed by atoms with Gasteiger partial charge >= 0.3 is 0 Å². The van der Waals surface area contributed by atoms with Gasteiger partial charge in [0.1, 0.15) is 0 Å². The molecule has 1 nitrogen and oxygen atoms in total. The zero-order valence-corrected chi connectivity index (χ0v) is 12.0. The first kappa shape index (κ1) is 13.7. The van der Waals surface area contributed by atoms with Crippen LogP contribution in [-0.4, -0.2) is 6.04 Å². The molecule has 0 aliphatic heterocycles. The van der Waals surface area contributed by atoms with Gasteiger partial charge in [0.2, 0.25) is 0 Å². The summed E-state index contributed by atoms with van der Waals surface area (Å²) in [5.41, 5.74) is 8.55. The molecule has 1 aromatic carbocycles. The van der Waals surface area contributed by atoms with Crippen molar-refractivity contribution in [1.82, 2.24) is 0 Å². The largest absolute Gasteiger partial charge is 0.328 e. The van der Waals surface area contributed by atoms with E-state index in [1.165, 1.54) is 28.4 Å². The Kier molecular flexibility index (Phi) is 5.50. The van der Waals surface area contributed by atoms with E-state index >= 15 is 0 Å². The Labute approximate surface area is 108 Å². The molecular weight excluding hydrogens is 262 g/mol. The molecule has 0 bridgehead atoms. The molecule has 2 N–H and O–H groups in total. The van der Waals surface area contributed by atoms with Crippen LogP contribution in [0.2, 0.25) is 0 Å². The average molecular weight is 284 g/mol. The van der Waals surface area contributed by atoms with Gasteiger partial charge in [-0.15, -0.1) is 0 Å².